The molecule has 3 N–H and O–H groups in total. The first-order valence-electron chi connectivity index (χ1n) is 9.44. The van der Waals surface area contributed by atoms with E-state index in [0.29, 0.717) is 11.2 Å². The summed E-state index contributed by atoms with van der Waals surface area (Å²) < 4.78 is 18.3. The summed E-state index contributed by atoms with van der Waals surface area (Å²) in [4.78, 5) is 1.59. The van der Waals surface area contributed by atoms with Gasteiger partial charge in [-0.05, 0) is 80.0 Å². The summed E-state index contributed by atoms with van der Waals surface area (Å²) in [6.07, 6.45) is 3.84. The van der Waals surface area contributed by atoms with E-state index < -0.39 is 0 Å². The van der Waals surface area contributed by atoms with Gasteiger partial charge >= 0.3 is 0 Å². The zero-order chi connectivity index (χ0) is 19.1. The summed E-state index contributed by atoms with van der Waals surface area (Å²) in [5.41, 5.74) is 2.06. The van der Waals surface area contributed by atoms with E-state index in [1.165, 1.54) is 50.0 Å². The Labute approximate surface area is 165 Å². The minimum absolute atomic E-state index is 0.257. The highest BCUT2D eigenvalue weighted by molar-refractivity contribution is 7.80. The van der Waals surface area contributed by atoms with Gasteiger partial charge in [-0.1, -0.05) is 0 Å². The third kappa shape index (κ3) is 5.65. The van der Waals surface area contributed by atoms with E-state index >= 15 is 0 Å². The standard InChI is InChI=1S/C21H26FN3OS/c1-26-19-11-5-16(6-12-19)20(25-13-3-2-4-14-25)15-23-21(27)24-18-9-7-17(22)8-10-18/h5-12,20H,2-4,13-15H2,1H3,(H2,23,24,27)/p+1/t20-/m0/s1. The van der Waals surface area contributed by atoms with Crippen LogP contribution >= 0.6 is 12.2 Å². The topological polar surface area (TPSA) is 37.7 Å². The molecule has 1 atom stereocenters. The summed E-state index contributed by atoms with van der Waals surface area (Å²) in [5.74, 6) is 0.611. The van der Waals surface area contributed by atoms with Gasteiger partial charge in [0.25, 0.3) is 0 Å². The average molecular weight is 389 g/mol. The molecule has 6 heteroatoms. The second kappa shape index (κ2) is 9.67. The number of methoxy groups -OCH3 is 1. The fourth-order valence-corrected chi connectivity index (χ4v) is 3.79. The lowest BCUT2D eigenvalue weighted by Crippen LogP contribution is -3.13. The second-order valence-electron chi connectivity index (χ2n) is 6.89. The molecule has 1 aliphatic heterocycles. The maximum absolute atomic E-state index is 13.0. The number of hydrogen-bond donors (Lipinski definition) is 3. The van der Waals surface area contributed by atoms with E-state index in [4.69, 9.17) is 17.0 Å². The van der Waals surface area contributed by atoms with Crippen LogP contribution in [0.25, 0.3) is 0 Å². The van der Waals surface area contributed by atoms with Gasteiger partial charge < -0.3 is 20.3 Å². The number of thiocarbonyl (C=S) groups is 1. The lowest BCUT2D eigenvalue weighted by molar-refractivity contribution is -0.934. The van der Waals surface area contributed by atoms with Crippen molar-refractivity contribution in [3.63, 3.8) is 0 Å². The van der Waals surface area contributed by atoms with Crippen LogP contribution in [0.4, 0.5) is 10.1 Å². The van der Waals surface area contributed by atoms with Crippen molar-refractivity contribution in [2.75, 3.05) is 32.1 Å². The number of rotatable bonds is 6. The van der Waals surface area contributed by atoms with E-state index in [0.717, 1.165) is 18.0 Å². The van der Waals surface area contributed by atoms with Gasteiger partial charge in [-0.15, -0.1) is 0 Å². The van der Waals surface area contributed by atoms with Crippen LogP contribution in [0.1, 0.15) is 30.9 Å². The number of piperidine rings is 1. The zero-order valence-corrected chi connectivity index (χ0v) is 16.4. The summed E-state index contributed by atoms with van der Waals surface area (Å²) in [6, 6.07) is 14.8. The fraction of sp³-hybridized carbons (Fsp3) is 0.381. The van der Waals surface area contributed by atoms with Crippen LogP contribution in [0.2, 0.25) is 0 Å². The Balaban J connectivity index is 1.64. The highest BCUT2D eigenvalue weighted by Crippen LogP contribution is 2.17. The van der Waals surface area contributed by atoms with Gasteiger partial charge in [0, 0.05) is 11.3 Å². The predicted molar refractivity (Wildman–Crippen MR) is 111 cm³/mol. The van der Waals surface area contributed by atoms with Crippen molar-refractivity contribution in [2.45, 2.75) is 25.3 Å². The Kier molecular flexibility index (Phi) is 7.01. The van der Waals surface area contributed by atoms with E-state index in [-0.39, 0.29) is 5.82 Å². The smallest absolute Gasteiger partial charge is 0.171 e. The molecule has 0 aliphatic carbocycles. The molecule has 0 saturated carbocycles. The van der Waals surface area contributed by atoms with Crippen LogP contribution < -0.4 is 20.3 Å². The second-order valence-corrected chi connectivity index (χ2v) is 7.29. The first-order valence-corrected chi connectivity index (χ1v) is 9.85. The van der Waals surface area contributed by atoms with Crippen molar-refractivity contribution < 1.29 is 14.0 Å². The van der Waals surface area contributed by atoms with E-state index in [1.807, 2.05) is 12.1 Å². The lowest BCUT2D eigenvalue weighted by atomic mass is 10.0. The summed E-state index contributed by atoms with van der Waals surface area (Å²) in [6.45, 7) is 3.10. The maximum Gasteiger partial charge on any atom is 0.171 e. The Morgan fingerprint density at radius 2 is 1.74 bits per heavy atom. The molecule has 0 unspecified atom stereocenters. The van der Waals surface area contributed by atoms with Gasteiger partial charge in [-0.2, -0.15) is 0 Å². The number of likely N-dealkylation sites (tertiary alicyclic amines) is 1. The molecule has 2 aromatic rings. The summed E-state index contributed by atoms with van der Waals surface area (Å²) >= 11 is 5.43. The van der Waals surface area contributed by atoms with Gasteiger partial charge in [-0.3, -0.25) is 0 Å². The molecule has 1 fully saturated rings. The largest absolute Gasteiger partial charge is 0.497 e. The Morgan fingerprint density at radius 3 is 2.37 bits per heavy atom. The van der Waals surface area contributed by atoms with Gasteiger partial charge in [-0.25, -0.2) is 4.39 Å². The molecule has 27 heavy (non-hydrogen) atoms. The molecule has 3 rings (SSSR count). The van der Waals surface area contributed by atoms with Crippen LogP contribution in [-0.4, -0.2) is 31.9 Å². The van der Waals surface area contributed by atoms with E-state index in [2.05, 4.69) is 22.8 Å². The molecule has 0 amide bonds. The van der Waals surface area contributed by atoms with Gasteiger partial charge in [0.15, 0.2) is 5.11 Å². The number of anilines is 1. The molecule has 4 nitrogen and oxygen atoms in total. The molecule has 2 aromatic carbocycles. The van der Waals surface area contributed by atoms with Crippen molar-refractivity contribution >= 4 is 23.0 Å². The molecule has 0 aromatic heterocycles. The normalized spacial score (nSPS) is 15.8. The number of halogens is 1. The van der Waals surface area contributed by atoms with Gasteiger partial charge in [0.05, 0.1) is 26.7 Å². The molecule has 1 saturated heterocycles. The molecule has 1 heterocycles. The monoisotopic (exact) mass is 388 g/mol. The molecule has 0 radical (unpaired) electrons. The van der Waals surface area contributed by atoms with Crippen LogP contribution in [-0.2, 0) is 0 Å². The SMILES string of the molecule is COc1ccc([C@H](CNC(=S)Nc2ccc(F)cc2)[NH+]2CCCCC2)cc1. The van der Waals surface area contributed by atoms with Crippen molar-refractivity contribution in [3.8, 4) is 5.75 Å². The zero-order valence-electron chi connectivity index (χ0n) is 15.6. The van der Waals surface area contributed by atoms with Crippen molar-refractivity contribution in [3.05, 3.63) is 59.9 Å². The van der Waals surface area contributed by atoms with Gasteiger partial charge in [0.1, 0.15) is 17.6 Å². The van der Waals surface area contributed by atoms with Crippen molar-refractivity contribution in [1.82, 2.24) is 5.32 Å². The minimum Gasteiger partial charge on any atom is -0.497 e. The van der Waals surface area contributed by atoms with Crippen LogP contribution in [0.3, 0.4) is 0 Å². The number of ether oxygens (including phenoxy) is 1. The predicted octanol–water partition coefficient (Wildman–Crippen LogP) is 2.93. The minimum atomic E-state index is -0.257. The first kappa shape index (κ1) is 19.6. The number of benzene rings is 2. The number of hydrogen-bond acceptors (Lipinski definition) is 2. The van der Waals surface area contributed by atoms with Crippen LogP contribution in [0.15, 0.2) is 48.5 Å². The van der Waals surface area contributed by atoms with E-state index in [9.17, 15) is 4.39 Å². The first-order chi connectivity index (χ1) is 13.2. The molecular weight excluding hydrogens is 361 g/mol. The van der Waals surface area contributed by atoms with Crippen molar-refractivity contribution in [2.24, 2.45) is 0 Å². The lowest BCUT2D eigenvalue weighted by Gasteiger charge is -2.32. The van der Waals surface area contributed by atoms with E-state index in [1.54, 1.807) is 24.1 Å². The number of quaternary nitrogens is 1. The third-order valence-electron chi connectivity index (χ3n) is 5.08. The highest BCUT2D eigenvalue weighted by Gasteiger charge is 2.26. The average Bonchev–Trinajstić information content (AvgIpc) is 2.71. The Morgan fingerprint density at radius 1 is 1.07 bits per heavy atom. The molecule has 144 valence electrons. The number of nitrogens with one attached hydrogen (secondary N) is 3. The molecule has 0 spiro atoms. The van der Waals surface area contributed by atoms with Crippen LogP contribution in [0, 0.1) is 5.82 Å². The highest BCUT2D eigenvalue weighted by atomic mass is 32.1. The quantitative estimate of drug-likeness (QED) is 0.666. The Hall–Kier alpha value is -2.18. The van der Waals surface area contributed by atoms with Gasteiger partial charge in [0.2, 0.25) is 0 Å². The molecule has 0 bridgehead atoms. The molecule has 1 aliphatic rings. The fourth-order valence-electron chi connectivity index (χ4n) is 3.59. The Bertz CT molecular complexity index is 730. The third-order valence-corrected chi connectivity index (χ3v) is 5.32. The summed E-state index contributed by atoms with van der Waals surface area (Å²) in [5, 5.41) is 7.02. The summed E-state index contributed by atoms with van der Waals surface area (Å²) in [7, 11) is 1.68. The van der Waals surface area contributed by atoms with Crippen molar-refractivity contribution in [1.29, 1.82) is 0 Å². The molecular formula is C21H27FN3OS+. The van der Waals surface area contributed by atoms with Crippen LogP contribution in [0.5, 0.6) is 5.75 Å². The maximum atomic E-state index is 13.0.